The SMILES string of the molecule is CCCCCCCCCC.CCCCCCCCCCNc1ccccc1. The molecular formula is C26H49N. The molecule has 1 N–H and O–H groups in total. The Hall–Kier alpha value is -0.980. The third-order valence-electron chi connectivity index (χ3n) is 5.09. The molecule has 0 saturated heterocycles. The highest BCUT2D eigenvalue weighted by atomic mass is 14.9. The molecular weight excluding hydrogens is 326 g/mol. The van der Waals surface area contributed by atoms with Crippen LogP contribution in [0.3, 0.4) is 0 Å². The van der Waals surface area contributed by atoms with Gasteiger partial charge in [-0.25, -0.2) is 0 Å². The Morgan fingerprint density at radius 3 is 1.26 bits per heavy atom. The minimum Gasteiger partial charge on any atom is -0.385 e. The van der Waals surface area contributed by atoms with Crippen molar-refractivity contribution in [2.45, 2.75) is 124 Å². The van der Waals surface area contributed by atoms with Crippen LogP contribution in [0.1, 0.15) is 124 Å². The van der Waals surface area contributed by atoms with Crippen LogP contribution in [0, 0.1) is 0 Å². The number of nitrogens with one attached hydrogen (secondary N) is 1. The molecule has 0 bridgehead atoms. The summed E-state index contributed by atoms with van der Waals surface area (Å²) >= 11 is 0. The molecule has 0 atom stereocenters. The van der Waals surface area contributed by atoms with E-state index in [1.54, 1.807) is 0 Å². The Morgan fingerprint density at radius 1 is 0.481 bits per heavy atom. The number of unbranched alkanes of at least 4 members (excludes halogenated alkanes) is 14. The van der Waals surface area contributed by atoms with Crippen molar-refractivity contribution in [1.82, 2.24) is 0 Å². The van der Waals surface area contributed by atoms with E-state index in [1.165, 1.54) is 108 Å². The van der Waals surface area contributed by atoms with E-state index in [-0.39, 0.29) is 0 Å². The molecule has 0 radical (unpaired) electrons. The van der Waals surface area contributed by atoms with Gasteiger partial charge in [0, 0.05) is 12.2 Å². The smallest absolute Gasteiger partial charge is 0.0340 e. The molecule has 0 aliphatic heterocycles. The van der Waals surface area contributed by atoms with Gasteiger partial charge in [0.05, 0.1) is 0 Å². The van der Waals surface area contributed by atoms with Crippen LogP contribution in [0.2, 0.25) is 0 Å². The number of hydrogen-bond acceptors (Lipinski definition) is 1. The summed E-state index contributed by atoms with van der Waals surface area (Å²) in [6, 6.07) is 10.5. The van der Waals surface area contributed by atoms with Crippen molar-refractivity contribution in [3.8, 4) is 0 Å². The number of rotatable bonds is 17. The second-order valence-electron chi connectivity index (χ2n) is 7.89. The molecule has 158 valence electrons. The molecule has 1 heteroatoms. The lowest BCUT2D eigenvalue weighted by Gasteiger charge is -2.05. The molecule has 1 aromatic rings. The highest BCUT2D eigenvalue weighted by Crippen LogP contribution is 2.10. The summed E-state index contributed by atoms with van der Waals surface area (Å²) in [4.78, 5) is 0. The molecule has 1 rings (SSSR count). The zero-order valence-electron chi connectivity index (χ0n) is 18.9. The summed E-state index contributed by atoms with van der Waals surface area (Å²) in [6.07, 6.45) is 22.6. The van der Waals surface area contributed by atoms with Gasteiger partial charge >= 0.3 is 0 Å². The van der Waals surface area contributed by atoms with Gasteiger partial charge in [-0.15, -0.1) is 0 Å². The first kappa shape index (κ1) is 26.0. The Kier molecular flexibility index (Phi) is 22.2. The van der Waals surface area contributed by atoms with E-state index >= 15 is 0 Å². The summed E-state index contributed by atoms with van der Waals surface area (Å²) in [5.74, 6) is 0. The van der Waals surface area contributed by atoms with E-state index in [0.29, 0.717) is 0 Å². The molecule has 0 amide bonds. The zero-order valence-corrected chi connectivity index (χ0v) is 18.9. The minimum absolute atomic E-state index is 1.11. The van der Waals surface area contributed by atoms with Crippen molar-refractivity contribution in [3.63, 3.8) is 0 Å². The topological polar surface area (TPSA) is 12.0 Å². The normalized spacial score (nSPS) is 10.3. The second kappa shape index (κ2) is 23.1. The van der Waals surface area contributed by atoms with E-state index in [4.69, 9.17) is 0 Å². The quantitative estimate of drug-likeness (QED) is 0.267. The maximum absolute atomic E-state index is 3.46. The minimum atomic E-state index is 1.11. The van der Waals surface area contributed by atoms with Gasteiger partial charge in [0.2, 0.25) is 0 Å². The summed E-state index contributed by atoms with van der Waals surface area (Å²) in [7, 11) is 0. The first-order valence-electron chi connectivity index (χ1n) is 12.1. The predicted octanol–water partition coefficient (Wildman–Crippen LogP) is 9.39. The molecule has 1 nitrogen and oxygen atoms in total. The van der Waals surface area contributed by atoms with E-state index < -0.39 is 0 Å². The van der Waals surface area contributed by atoms with Crippen molar-refractivity contribution >= 4 is 5.69 Å². The first-order chi connectivity index (χ1) is 13.3. The van der Waals surface area contributed by atoms with Gasteiger partial charge in [-0.2, -0.15) is 0 Å². The first-order valence-corrected chi connectivity index (χ1v) is 12.1. The molecule has 0 aromatic heterocycles. The Bertz CT molecular complexity index is 352. The van der Waals surface area contributed by atoms with E-state index in [1.807, 2.05) is 0 Å². The molecule has 0 aliphatic rings. The summed E-state index contributed by atoms with van der Waals surface area (Å²) in [6.45, 7) is 7.92. The lowest BCUT2D eigenvalue weighted by atomic mass is 10.1. The fourth-order valence-corrected chi connectivity index (χ4v) is 3.25. The van der Waals surface area contributed by atoms with Gasteiger partial charge in [0.1, 0.15) is 0 Å². The maximum atomic E-state index is 3.46. The molecule has 0 saturated carbocycles. The lowest BCUT2D eigenvalue weighted by molar-refractivity contribution is 0.581. The summed E-state index contributed by atoms with van der Waals surface area (Å²) < 4.78 is 0. The van der Waals surface area contributed by atoms with Crippen LogP contribution >= 0.6 is 0 Å². The lowest BCUT2D eigenvalue weighted by Crippen LogP contribution is -2.00. The van der Waals surface area contributed by atoms with Crippen molar-refractivity contribution in [2.75, 3.05) is 11.9 Å². The van der Waals surface area contributed by atoms with Crippen LogP contribution in [-0.4, -0.2) is 6.54 Å². The van der Waals surface area contributed by atoms with Gasteiger partial charge in [0.15, 0.2) is 0 Å². The fraction of sp³-hybridized carbons (Fsp3) is 0.769. The van der Waals surface area contributed by atoms with E-state index in [0.717, 1.165) is 6.54 Å². The van der Waals surface area contributed by atoms with Gasteiger partial charge < -0.3 is 5.32 Å². The number of hydrogen-bond donors (Lipinski definition) is 1. The van der Waals surface area contributed by atoms with Crippen LogP contribution < -0.4 is 5.32 Å². The van der Waals surface area contributed by atoms with E-state index in [2.05, 4.69) is 56.4 Å². The number of para-hydroxylation sites is 1. The molecule has 0 fully saturated rings. The average molecular weight is 376 g/mol. The predicted molar refractivity (Wildman–Crippen MR) is 126 cm³/mol. The zero-order chi connectivity index (χ0) is 19.8. The average Bonchev–Trinajstić information content (AvgIpc) is 2.71. The fourth-order valence-electron chi connectivity index (χ4n) is 3.25. The molecule has 27 heavy (non-hydrogen) atoms. The van der Waals surface area contributed by atoms with Crippen molar-refractivity contribution in [3.05, 3.63) is 30.3 Å². The van der Waals surface area contributed by atoms with Crippen LogP contribution in [-0.2, 0) is 0 Å². The van der Waals surface area contributed by atoms with Crippen molar-refractivity contribution in [1.29, 1.82) is 0 Å². The number of benzene rings is 1. The van der Waals surface area contributed by atoms with Gasteiger partial charge in [-0.3, -0.25) is 0 Å². The third-order valence-corrected chi connectivity index (χ3v) is 5.09. The third kappa shape index (κ3) is 21.2. The second-order valence-corrected chi connectivity index (χ2v) is 7.89. The molecule has 0 aliphatic carbocycles. The number of anilines is 1. The maximum Gasteiger partial charge on any atom is 0.0340 e. The standard InChI is InChI=1S/C16H27N.C10H22/c1-2-3-4-5-6-7-8-12-15-17-16-13-10-9-11-14-16;1-3-5-7-9-10-8-6-4-2/h9-11,13-14,17H,2-8,12,15H2,1H3;3-10H2,1-2H3. The van der Waals surface area contributed by atoms with Gasteiger partial charge in [0.25, 0.3) is 0 Å². The molecule has 0 unspecified atom stereocenters. The highest BCUT2D eigenvalue weighted by molar-refractivity contribution is 5.42. The summed E-state index contributed by atoms with van der Waals surface area (Å²) in [5.41, 5.74) is 1.25. The Morgan fingerprint density at radius 2 is 0.852 bits per heavy atom. The van der Waals surface area contributed by atoms with Crippen molar-refractivity contribution in [2.24, 2.45) is 0 Å². The molecule has 0 spiro atoms. The summed E-state index contributed by atoms with van der Waals surface area (Å²) in [5, 5.41) is 3.46. The van der Waals surface area contributed by atoms with Crippen molar-refractivity contribution < 1.29 is 0 Å². The highest BCUT2D eigenvalue weighted by Gasteiger charge is 1.92. The Labute approximate surface area is 171 Å². The van der Waals surface area contributed by atoms with E-state index in [9.17, 15) is 0 Å². The molecule has 1 aromatic carbocycles. The van der Waals surface area contributed by atoms with Gasteiger partial charge in [-0.05, 0) is 18.6 Å². The van der Waals surface area contributed by atoms with Crippen LogP contribution in [0.5, 0.6) is 0 Å². The van der Waals surface area contributed by atoms with Crippen LogP contribution in [0.4, 0.5) is 5.69 Å². The van der Waals surface area contributed by atoms with Crippen LogP contribution in [0.15, 0.2) is 30.3 Å². The Balaban J connectivity index is 0.000000580. The van der Waals surface area contributed by atoms with Crippen LogP contribution in [0.25, 0.3) is 0 Å². The largest absolute Gasteiger partial charge is 0.385 e. The monoisotopic (exact) mass is 375 g/mol. The molecule has 0 heterocycles. The van der Waals surface area contributed by atoms with Gasteiger partial charge in [-0.1, -0.05) is 135 Å².